The average Bonchev–Trinajstić information content (AvgIpc) is 3.45. The minimum absolute atomic E-state index is 0.0256. The molecule has 1 saturated heterocycles. The summed E-state index contributed by atoms with van der Waals surface area (Å²) in [5.74, 6) is 0.608. The number of rotatable bonds is 7. The molecule has 1 aliphatic heterocycles. The van der Waals surface area contributed by atoms with E-state index in [1.807, 2.05) is 49.9 Å². The number of nitrogens with one attached hydrogen (secondary N) is 1. The Hall–Kier alpha value is -2.94. The van der Waals surface area contributed by atoms with Gasteiger partial charge in [0.05, 0.1) is 23.2 Å². The Morgan fingerprint density at radius 2 is 2.03 bits per heavy atom. The van der Waals surface area contributed by atoms with Crippen LogP contribution in [0, 0.1) is 25.2 Å². The van der Waals surface area contributed by atoms with Gasteiger partial charge in [-0.3, -0.25) is 4.79 Å². The van der Waals surface area contributed by atoms with E-state index in [2.05, 4.69) is 22.0 Å². The molecule has 0 spiro atoms. The zero-order valence-electron chi connectivity index (χ0n) is 19.0. The zero-order chi connectivity index (χ0) is 24.0. The molecule has 1 aromatic heterocycles. The number of hydrogen-bond donors (Lipinski definition) is 1. The van der Waals surface area contributed by atoms with Gasteiger partial charge in [0.25, 0.3) is 0 Å². The molecule has 0 atom stereocenters. The molecule has 1 saturated carbocycles. The third kappa shape index (κ3) is 4.59. The van der Waals surface area contributed by atoms with Crippen LogP contribution in [0.5, 0.6) is 0 Å². The van der Waals surface area contributed by atoms with E-state index in [1.165, 1.54) is 0 Å². The van der Waals surface area contributed by atoms with Crippen molar-refractivity contribution in [2.75, 3.05) is 19.6 Å². The number of alkyl halides is 3. The molecule has 176 valence electrons. The summed E-state index contributed by atoms with van der Waals surface area (Å²) in [4.78, 5) is 22.6. The lowest BCUT2D eigenvalue weighted by Crippen LogP contribution is -2.56. The van der Waals surface area contributed by atoms with Gasteiger partial charge < -0.3 is 14.8 Å². The molecule has 0 radical (unpaired) electrons. The number of aliphatic imine (C=N–C) groups is 1. The predicted octanol–water partition coefficient (Wildman–Crippen LogP) is 4.09. The summed E-state index contributed by atoms with van der Waals surface area (Å²) in [5, 5.41) is 2.77. The van der Waals surface area contributed by atoms with Crippen LogP contribution < -0.4 is 5.32 Å². The molecule has 9 heteroatoms. The van der Waals surface area contributed by atoms with Crippen molar-refractivity contribution in [1.29, 1.82) is 0 Å². The zero-order valence-corrected chi connectivity index (χ0v) is 19.0. The Balaban J connectivity index is 1.41. The van der Waals surface area contributed by atoms with Crippen LogP contribution in [0.25, 0.3) is 17.3 Å². The van der Waals surface area contributed by atoms with Gasteiger partial charge in [-0.05, 0) is 56.7 Å². The van der Waals surface area contributed by atoms with E-state index in [9.17, 15) is 18.0 Å². The van der Waals surface area contributed by atoms with Gasteiger partial charge in [0.2, 0.25) is 5.91 Å². The minimum atomic E-state index is -4.18. The van der Waals surface area contributed by atoms with E-state index < -0.39 is 11.6 Å². The van der Waals surface area contributed by atoms with Gasteiger partial charge in [-0.2, -0.15) is 13.2 Å². The fourth-order valence-corrected chi connectivity index (χ4v) is 4.20. The van der Waals surface area contributed by atoms with Crippen molar-refractivity contribution in [1.82, 2.24) is 19.8 Å². The number of hydrogen-bond acceptors (Lipinski definition) is 4. The number of imidazole rings is 1. The Labute approximate surface area is 191 Å². The number of nitrogens with zero attached hydrogens (tertiary/aromatic N) is 4. The summed E-state index contributed by atoms with van der Waals surface area (Å²) in [6.45, 7) is 8.07. The molecule has 1 aliphatic carbocycles. The number of carbonyl (C=O) groups excluding carboxylic acids is 1. The molecule has 2 fully saturated rings. The molecule has 4 rings (SSSR count). The normalized spacial score (nSPS) is 18.7. The van der Waals surface area contributed by atoms with E-state index in [4.69, 9.17) is 0 Å². The highest BCUT2D eigenvalue weighted by atomic mass is 19.4. The number of benzene rings is 1. The molecule has 0 bridgehead atoms. The van der Waals surface area contributed by atoms with Crippen molar-refractivity contribution in [3.8, 4) is 11.3 Å². The number of aryl methyl sites for hydroxylation is 2. The molecule has 0 unspecified atom stereocenters. The lowest BCUT2D eigenvalue weighted by atomic mass is 9.95. The van der Waals surface area contributed by atoms with Gasteiger partial charge in [0.15, 0.2) is 0 Å². The Morgan fingerprint density at radius 3 is 2.58 bits per heavy atom. The number of amides is 1. The molecule has 1 N–H and O–H groups in total. The second kappa shape index (κ2) is 8.44. The van der Waals surface area contributed by atoms with Gasteiger partial charge in [-0.25, -0.2) is 9.98 Å². The van der Waals surface area contributed by atoms with E-state index in [0.29, 0.717) is 18.9 Å². The lowest BCUT2D eigenvalue weighted by molar-refractivity contribution is -0.195. The largest absolute Gasteiger partial charge is 0.395 e. The van der Waals surface area contributed by atoms with Crippen molar-refractivity contribution in [3.05, 3.63) is 47.2 Å². The van der Waals surface area contributed by atoms with Crippen LogP contribution in [-0.4, -0.2) is 52.9 Å². The second-order valence-electron chi connectivity index (χ2n) is 9.17. The molecule has 1 aromatic carbocycles. The maximum Gasteiger partial charge on any atom is 0.395 e. The highest BCUT2D eigenvalue weighted by Crippen LogP contribution is 2.58. The quantitative estimate of drug-likeness (QED) is 0.635. The van der Waals surface area contributed by atoms with Crippen LogP contribution in [0.2, 0.25) is 0 Å². The van der Waals surface area contributed by atoms with Gasteiger partial charge in [-0.15, -0.1) is 0 Å². The van der Waals surface area contributed by atoms with Crippen molar-refractivity contribution in [2.24, 2.45) is 23.4 Å². The van der Waals surface area contributed by atoms with Crippen LogP contribution in [0.1, 0.15) is 29.8 Å². The number of likely N-dealkylation sites (tertiary alicyclic amines) is 1. The summed E-state index contributed by atoms with van der Waals surface area (Å²) in [6, 6.07) is 6.00. The summed E-state index contributed by atoms with van der Waals surface area (Å²) >= 11 is 0. The summed E-state index contributed by atoms with van der Waals surface area (Å²) in [6.07, 6.45) is -0.257. The first-order valence-electron chi connectivity index (χ1n) is 10.9. The van der Waals surface area contributed by atoms with E-state index in [1.54, 1.807) is 11.0 Å². The SMILES string of the molecule is C=N/C(=C\c1cc(-c2cnc(C)n2C)ccc1C)NC(=O)C1CN(CC2(C(F)(F)F)CC2)C1. The first kappa shape index (κ1) is 23.2. The fraction of sp³-hybridized carbons (Fsp3) is 0.458. The monoisotopic (exact) mass is 459 g/mol. The molecule has 6 nitrogen and oxygen atoms in total. The van der Waals surface area contributed by atoms with Gasteiger partial charge >= 0.3 is 6.18 Å². The molecule has 33 heavy (non-hydrogen) atoms. The second-order valence-corrected chi connectivity index (χ2v) is 9.17. The average molecular weight is 460 g/mol. The molecule has 2 aliphatic rings. The van der Waals surface area contributed by atoms with Crippen LogP contribution >= 0.6 is 0 Å². The predicted molar refractivity (Wildman–Crippen MR) is 121 cm³/mol. The molecular weight excluding hydrogens is 431 g/mol. The first-order valence-corrected chi connectivity index (χ1v) is 10.9. The van der Waals surface area contributed by atoms with Gasteiger partial charge in [-0.1, -0.05) is 12.1 Å². The van der Waals surface area contributed by atoms with Crippen molar-refractivity contribution < 1.29 is 18.0 Å². The van der Waals surface area contributed by atoms with Crippen molar-refractivity contribution in [3.63, 3.8) is 0 Å². The highest BCUT2D eigenvalue weighted by Gasteiger charge is 2.64. The topological polar surface area (TPSA) is 62.5 Å². The standard InChI is InChI=1S/C24H28F3N5O/c1-15-5-6-17(20-11-29-16(2)31(20)4)9-18(15)10-21(28-3)30-22(33)19-12-32(13-19)14-23(7-8-23)24(25,26)27/h5-6,9-11,19H,3,7-8,12-14H2,1-2,4H3,(H,30,33)/b21-10+. The van der Waals surface area contributed by atoms with Crippen LogP contribution in [0.4, 0.5) is 13.2 Å². The third-order valence-electron chi connectivity index (χ3n) is 6.82. The molecular formula is C24H28F3N5O. The maximum atomic E-state index is 13.2. The van der Waals surface area contributed by atoms with Gasteiger partial charge in [0.1, 0.15) is 11.6 Å². The Bertz CT molecular complexity index is 1110. The number of halogens is 3. The van der Waals surface area contributed by atoms with E-state index >= 15 is 0 Å². The summed E-state index contributed by atoms with van der Waals surface area (Å²) in [5.41, 5.74) is 2.27. The molecule has 2 heterocycles. The van der Waals surface area contributed by atoms with Crippen LogP contribution in [0.3, 0.4) is 0 Å². The summed E-state index contributed by atoms with van der Waals surface area (Å²) < 4.78 is 41.5. The van der Waals surface area contributed by atoms with Crippen molar-refractivity contribution in [2.45, 2.75) is 32.9 Å². The smallest absolute Gasteiger partial charge is 0.331 e. The van der Waals surface area contributed by atoms with Crippen molar-refractivity contribution >= 4 is 18.7 Å². The molecule has 2 aromatic rings. The number of carbonyl (C=O) groups is 1. The van der Waals surface area contributed by atoms with Crippen LogP contribution in [0.15, 0.2) is 35.2 Å². The minimum Gasteiger partial charge on any atom is -0.331 e. The van der Waals surface area contributed by atoms with E-state index in [0.717, 1.165) is 28.2 Å². The maximum absolute atomic E-state index is 13.2. The van der Waals surface area contributed by atoms with Crippen LogP contribution in [-0.2, 0) is 11.8 Å². The Kier molecular flexibility index (Phi) is 5.94. The molecule has 1 amide bonds. The van der Waals surface area contributed by atoms with Gasteiger partial charge in [0, 0.05) is 32.2 Å². The number of aromatic nitrogens is 2. The fourth-order valence-electron chi connectivity index (χ4n) is 4.20. The Morgan fingerprint density at radius 1 is 1.33 bits per heavy atom. The summed E-state index contributed by atoms with van der Waals surface area (Å²) in [7, 11) is 1.95. The van der Waals surface area contributed by atoms with E-state index in [-0.39, 0.29) is 31.2 Å². The first-order chi connectivity index (χ1) is 15.5. The highest BCUT2D eigenvalue weighted by molar-refractivity contribution is 5.83. The lowest BCUT2D eigenvalue weighted by Gasteiger charge is -2.40. The third-order valence-corrected chi connectivity index (χ3v) is 6.82.